The van der Waals surface area contributed by atoms with Crippen LogP contribution in [0.5, 0.6) is 0 Å². The number of rotatable bonds is 6. The van der Waals surface area contributed by atoms with Gasteiger partial charge in [0.05, 0.1) is 16.3 Å². The maximum atomic E-state index is 10.0. The van der Waals surface area contributed by atoms with Crippen LogP contribution in [0.2, 0.25) is 0 Å². The highest BCUT2D eigenvalue weighted by atomic mass is 32.1. The van der Waals surface area contributed by atoms with E-state index in [0.29, 0.717) is 6.54 Å². The Labute approximate surface area is 123 Å². The number of aromatic nitrogens is 1. The van der Waals surface area contributed by atoms with Gasteiger partial charge >= 0.3 is 0 Å². The number of nitrogens with zero attached hydrogens (tertiary/aromatic N) is 2. The summed E-state index contributed by atoms with van der Waals surface area (Å²) in [6.07, 6.45) is 4.17. The molecule has 1 aliphatic rings. The number of thiophene rings is 1. The molecule has 0 saturated carbocycles. The third-order valence-corrected chi connectivity index (χ3v) is 4.59. The van der Waals surface area contributed by atoms with Crippen LogP contribution in [-0.2, 0) is 6.54 Å². The fourth-order valence-corrected chi connectivity index (χ4v) is 3.50. The smallest absolute Gasteiger partial charge is 0.0809 e. The van der Waals surface area contributed by atoms with Crippen LogP contribution in [0.4, 0.5) is 0 Å². The number of aliphatic hydroxyl groups excluding tert-OH is 1. The van der Waals surface area contributed by atoms with Crippen LogP contribution >= 0.6 is 11.3 Å². The molecular weight excluding hydrogens is 270 g/mol. The van der Waals surface area contributed by atoms with E-state index >= 15 is 0 Å². The summed E-state index contributed by atoms with van der Waals surface area (Å²) in [5, 5.41) is 15.4. The van der Waals surface area contributed by atoms with Crippen molar-refractivity contribution in [3.05, 3.63) is 29.3 Å². The van der Waals surface area contributed by atoms with Gasteiger partial charge in [0.1, 0.15) is 0 Å². The Morgan fingerprint density at radius 2 is 2.25 bits per heavy atom. The molecule has 1 fully saturated rings. The van der Waals surface area contributed by atoms with Gasteiger partial charge in [-0.05, 0) is 49.0 Å². The predicted octanol–water partition coefficient (Wildman–Crippen LogP) is 1.84. The number of aliphatic hydroxyl groups is 1. The zero-order chi connectivity index (χ0) is 13.8. The van der Waals surface area contributed by atoms with Crippen molar-refractivity contribution in [2.75, 3.05) is 26.2 Å². The first kappa shape index (κ1) is 13.9. The number of nitrogens with one attached hydrogen (secondary N) is 1. The van der Waals surface area contributed by atoms with E-state index in [4.69, 9.17) is 0 Å². The Hall–Kier alpha value is -1.01. The molecule has 3 rings (SSSR count). The molecule has 1 aliphatic heterocycles. The van der Waals surface area contributed by atoms with Crippen molar-refractivity contribution in [3.63, 3.8) is 0 Å². The van der Waals surface area contributed by atoms with E-state index in [9.17, 15) is 5.11 Å². The molecule has 0 aromatic carbocycles. The SMILES string of the molecule is OC(CNCc1cnc2ccsc2c1)CN1CCCC1. The van der Waals surface area contributed by atoms with Crippen LogP contribution in [0.15, 0.2) is 23.7 Å². The first-order valence-corrected chi connectivity index (χ1v) is 8.12. The molecule has 2 N–H and O–H groups in total. The largest absolute Gasteiger partial charge is 0.390 e. The number of hydrogen-bond acceptors (Lipinski definition) is 5. The Kier molecular flexibility index (Phi) is 4.62. The average Bonchev–Trinajstić information content (AvgIpc) is 3.09. The summed E-state index contributed by atoms with van der Waals surface area (Å²) in [5.41, 5.74) is 2.24. The summed E-state index contributed by atoms with van der Waals surface area (Å²) < 4.78 is 1.22. The highest BCUT2D eigenvalue weighted by molar-refractivity contribution is 7.17. The van der Waals surface area contributed by atoms with Crippen molar-refractivity contribution in [1.29, 1.82) is 0 Å². The molecule has 0 bridgehead atoms. The van der Waals surface area contributed by atoms with Crippen LogP contribution < -0.4 is 5.32 Å². The zero-order valence-electron chi connectivity index (χ0n) is 11.6. The monoisotopic (exact) mass is 291 g/mol. The standard InChI is InChI=1S/C15H21N3OS/c19-13(11-18-4-1-2-5-18)10-16-8-12-7-15-14(17-9-12)3-6-20-15/h3,6-7,9,13,16,19H,1-2,4-5,8,10-11H2. The second kappa shape index (κ2) is 6.63. The van der Waals surface area contributed by atoms with Crippen LogP contribution in [-0.4, -0.2) is 47.3 Å². The lowest BCUT2D eigenvalue weighted by Gasteiger charge is -2.19. The van der Waals surface area contributed by atoms with Crippen LogP contribution in [0.3, 0.4) is 0 Å². The van der Waals surface area contributed by atoms with E-state index in [2.05, 4.69) is 26.6 Å². The van der Waals surface area contributed by atoms with Crippen molar-refractivity contribution in [1.82, 2.24) is 15.2 Å². The summed E-state index contributed by atoms with van der Waals surface area (Å²) in [6.45, 7) is 4.46. The molecular formula is C15H21N3OS. The Morgan fingerprint density at radius 1 is 1.40 bits per heavy atom. The van der Waals surface area contributed by atoms with E-state index in [1.165, 1.54) is 23.1 Å². The van der Waals surface area contributed by atoms with E-state index in [1.807, 2.05) is 12.3 Å². The van der Waals surface area contributed by atoms with E-state index in [0.717, 1.165) is 31.7 Å². The van der Waals surface area contributed by atoms with Gasteiger partial charge < -0.3 is 15.3 Å². The second-order valence-electron chi connectivity index (χ2n) is 5.44. The molecule has 2 aromatic heterocycles. The summed E-state index contributed by atoms with van der Waals surface area (Å²) in [4.78, 5) is 6.76. The van der Waals surface area contributed by atoms with Crippen LogP contribution in [0.1, 0.15) is 18.4 Å². The molecule has 0 aliphatic carbocycles. The first-order valence-electron chi connectivity index (χ1n) is 7.24. The fourth-order valence-electron chi connectivity index (χ4n) is 2.69. The number of fused-ring (bicyclic) bond motifs is 1. The molecule has 108 valence electrons. The fraction of sp³-hybridized carbons (Fsp3) is 0.533. The predicted molar refractivity (Wildman–Crippen MR) is 83.0 cm³/mol. The Morgan fingerprint density at radius 3 is 3.10 bits per heavy atom. The molecule has 0 radical (unpaired) electrons. The van der Waals surface area contributed by atoms with Gasteiger partial charge in [-0.25, -0.2) is 0 Å². The lowest BCUT2D eigenvalue weighted by Crippen LogP contribution is -2.36. The molecule has 20 heavy (non-hydrogen) atoms. The van der Waals surface area contributed by atoms with Gasteiger partial charge in [-0.3, -0.25) is 4.98 Å². The summed E-state index contributed by atoms with van der Waals surface area (Å²) >= 11 is 1.72. The maximum Gasteiger partial charge on any atom is 0.0809 e. The van der Waals surface area contributed by atoms with Crippen molar-refractivity contribution < 1.29 is 5.11 Å². The Bertz CT molecular complexity index is 551. The molecule has 4 nitrogen and oxygen atoms in total. The van der Waals surface area contributed by atoms with Gasteiger partial charge in [0.2, 0.25) is 0 Å². The number of β-amino-alcohol motifs (C(OH)–C–C–N with tert-alkyl or cyclic N) is 1. The van der Waals surface area contributed by atoms with Crippen molar-refractivity contribution in [3.8, 4) is 0 Å². The van der Waals surface area contributed by atoms with Crippen molar-refractivity contribution in [2.45, 2.75) is 25.5 Å². The van der Waals surface area contributed by atoms with Gasteiger partial charge in [0, 0.05) is 25.8 Å². The number of hydrogen-bond donors (Lipinski definition) is 2. The molecule has 1 saturated heterocycles. The minimum atomic E-state index is -0.286. The molecule has 5 heteroatoms. The normalized spacial score (nSPS) is 17.9. The van der Waals surface area contributed by atoms with E-state index < -0.39 is 0 Å². The molecule has 1 unspecified atom stereocenters. The Balaban J connectivity index is 1.44. The van der Waals surface area contributed by atoms with Crippen molar-refractivity contribution in [2.24, 2.45) is 0 Å². The maximum absolute atomic E-state index is 10.0. The third kappa shape index (κ3) is 3.55. The molecule has 1 atom stereocenters. The van der Waals surface area contributed by atoms with Crippen LogP contribution in [0, 0.1) is 0 Å². The number of likely N-dealkylation sites (tertiary alicyclic amines) is 1. The summed E-state index contributed by atoms with van der Waals surface area (Å²) in [6, 6.07) is 4.21. The van der Waals surface area contributed by atoms with E-state index in [-0.39, 0.29) is 6.10 Å². The van der Waals surface area contributed by atoms with Gasteiger partial charge in [0.25, 0.3) is 0 Å². The van der Waals surface area contributed by atoms with Crippen molar-refractivity contribution >= 4 is 21.6 Å². The number of pyridine rings is 1. The molecule has 3 heterocycles. The second-order valence-corrected chi connectivity index (χ2v) is 6.39. The highest BCUT2D eigenvalue weighted by Gasteiger charge is 2.15. The average molecular weight is 291 g/mol. The van der Waals surface area contributed by atoms with Gasteiger partial charge in [-0.1, -0.05) is 0 Å². The van der Waals surface area contributed by atoms with Gasteiger partial charge in [-0.2, -0.15) is 0 Å². The van der Waals surface area contributed by atoms with Crippen LogP contribution in [0.25, 0.3) is 10.2 Å². The van der Waals surface area contributed by atoms with Gasteiger partial charge in [-0.15, -0.1) is 11.3 Å². The highest BCUT2D eigenvalue weighted by Crippen LogP contribution is 2.19. The van der Waals surface area contributed by atoms with E-state index in [1.54, 1.807) is 11.3 Å². The first-order chi connectivity index (χ1) is 9.81. The quantitative estimate of drug-likeness (QED) is 0.853. The zero-order valence-corrected chi connectivity index (χ0v) is 12.4. The molecule has 0 amide bonds. The third-order valence-electron chi connectivity index (χ3n) is 3.74. The minimum absolute atomic E-state index is 0.286. The lowest BCUT2D eigenvalue weighted by molar-refractivity contribution is 0.123. The lowest BCUT2D eigenvalue weighted by atomic mass is 10.2. The topological polar surface area (TPSA) is 48.4 Å². The van der Waals surface area contributed by atoms with Gasteiger partial charge in [0.15, 0.2) is 0 Å². The molecule has 0 spiro atoms. The summed E-state index contributed by atoms with van der Waals surface area (Å²) in [5.74, 6) is 0. The summed E-state index contributed by atoms with van der Waals surface area (Å²) in [7, 11) is 0. The minimum Gasteiger partial charge on any atom is -0.390 e. The molecule has 2 aromatic rings.